The number of esters is 1. The van der Waals surface area contributed by atoms with Crippen molar-refractivity contribution in [2.45, 2.75) is 122 Å². The van der Waals surface area contributed by atoms with Gasteiger partial charge in [0.25, 0.3) is 6.43 Å². The number of carbonyl (C=O) groups excluding carboxylic acids is 4. The largest absolute Gasteiger partial charge is 0.469 e. The van der Waals surface area contributed by atoms with Gasteiger partial charge in [-0.2, -0.15) is 18.3 Å². The van der Waals surface area contributed by atoms with Gasteiger partial charge in [-0.3, -0.25) is 24.0 Å². The lowest BCUT2D eigenvalue weighted by Crippen LogP contribution is -2.62. The minimum absolute atomic E-state index is 0.00358. The number of hydrogen-bond donors (Lipinski definition) is 5. The number of carbonyl (C=O) groups is 4. The summed E-state index contributed by atoms with van der Waals surface area (Å²) in [4.78, 5) is 57.4. The van der Waals surface area contributed by atoms with E-state index in [-0.39, 0.29) is 29.5 Å². The van der Waals surface area contributed by atoms with Gasteiger partial charge in [0.05, 0.1) is 69.1 Å². The van der Waals surface area contributed by atoms with Gasteiger partial charge < -0.3 is 45.9 Å². The zero-order valence-electron chi connectivity index (χ0n) is 45.0. The lowest BCUT2D eigenvalue weighted by molar-refractivity contribution is -0.220. The van der Waals surface area contributed by atoms with Crippen LogP contribution in [0.1, 0.15) is 76.1 Å². The normalized spacial score (nSPS) is 18.2. The molecular weight excluding hydrogens is 1050 g/mol. The average Bonchev–Trinajstić information content (AvgIpc) is 3.99. The number of fused-ring (bicyclic) bond motifs is 2. The molecule has 6 atom stereocenters. The number of anilines is 1. The third-order valence-electron chi connectivity index (χ3n) is 14.4. The number of ether oxygens (including phenoxy) is 3. The number of piperazine rings is 1. The molecular formula is C55H68F7N9O8. The number of alkyl halides is 5. The minimum atomic E-state index is -4.98. The van der Waals surface area contributed by atoms with Crippen LogP contribution in [0.2, 0.25) is 0 Å². The van der Waals surface area contributed by atoms with Gasteiger partial charge in [-0.15, -0.1) is 0 Å². The first kappa shape index (κ1) is 61.4. The van der Waals surface area contributed by atoms with Gasteiger partial charge >= 0.3 is 18.2 Å². The van der Waals surface area contributed by atoms with Crippen molar-refractivity contribution in [3.63, 3.8) is 0 Å². The summed E-state index contributed by atoms with van der Waals surface area (Å²) >= 11 is 0. The van der Waals surface area contributed by atoms with E-state index in [4.69, 9.17) is 15.5 Å². The van der Waals surface area contributed by atoms with Crippen LogP contribution in [0.3, 0.4) is 0 Å². The Hall–Kier alpha value is -6.81. The number of primary amides is 1. The highest BCUT2D eigenvalue weighted by atomic mass is 19.4. The number of rotatable bonds is 19. The molecule has 2 aromatic carbocycles. The molecule has 0 radical (unpaired) electrons. The van der Waals surface area contributed by atoms with Crippen LogP contribution in [0.15, 0.2) is 67.0 Å². The molecule has 3 fully saturated rings. The Balaban J connectivity index is 0.000000686. The number of halogens is 7. The lowest BCUT2D eigenvalue weighted by Gasteiger charge is -2.47. The smallest absolute Gasteiger partial charge is 0.407 e. The van der Waals surface area contributed by atoms with Gasteiger partial charge in [-0.05, 0) is 86.6 Å². The van der Waals surface area contributed by atoms with E-state index in [2.05, 4.69) is 46.8 Å². The molecule has 3 aliphatic heterocycles. The second kappa shape index (κ2) is 26.4. The maximum absolute atomic E-state index is 15.2. The van der Waals surface area contributed by atoms with Crippen molar-refractivity contribution in [2.24, 2.45) is 22.5 Å². The predicted molar refractivity (Wildman–Crippen MR) is 277 cm³/mol. The average molecular weight is 1120 g/mol. The summed E-state index contributed by atoms with van der Waals surface area (Å²) < 4.78 is 114. The molecule has 0 aliphatic carbocycles. The molecule has 2 aromatic heterocycles. The first-order valence-electron chi connectivity index (χ1n) is 25.6. The number of nitrogens with two attached hydrogens (primary N) is 1. The highest BCUT2D eigenvalue weighted by Gasteiger charge is 2.56. The zero-order chi connectivity index (χ0) is 58.0. The highest BCUT2D eigenvalue weighted by molar-refractivity contribution is 5.87. The number of alkyl carbamates (subject to hydrolysis) is 1. The molecule has 5 heterocycles. The predicted octanol–water partition coefficient (Wildman–Crippen LogP) is 6.13. The van der Waals surface area contributed by atoms with Crippen molar-refractivity contribution in [1.29, 1.82) is 0 Å². The van der Waals surface area contributed by atoms with Crippen LogP contribution >= 0.6 is 0 Å². The second-order valence-corrected chi connectivity index (χ2v) is 21.4. The molecule has 3 aliphatic rings. The number of nitrogens with one attached hydrogen (secondary N) is 3. The third kappa shape index (κ3) is 16.2. The van der Waals surface area contributed by atoms with E-state index in [1.54, 1.807) is 30.5 Å². The van der Waals surface area contributed by atoms with Crippen LogP contribution < -0.4 is 26.6 Å². The maximum atomic E-state index is 15.2. The SMILES string of the molecule is COC(=O)C[C@H](C(N)=O)C(C)(C)C.COC(=O)N[C@H](C(=O)N[C@@H](Cc1ccc(C#Cc2ccc(N3CC4CCC(C3)N4C3COC3)nc2)cc1)[C@@H](O)CNCc1c(F)cc(-c2ccn(CC(F)F)n2)cc1F)C(C)(C)C(F)(F)F. The van der Waals surface area contributed by atoms with Crippen molar-refractivity contribution in [1.82, 2.24) is 35.6 Å². The summed E-state index contributed by atoms with van der Waals surface area (Å²) in [6, 6.07) is 11.9. The summed E-state index contributed by atoms with van der Waals surface area (Å²) in [5, 5.41) is 22.5. The number of aliphatic hydroxyl groups excluding tert-OH is 1. The Bertz CT molecular complexity index is 2760. The lowest BCUT2D eigenvalue weighted by atomic mass is 9.78. The number of hydrogen-bond acceptors (Lipinski definition) is 13. The summed E-state index contributed by atoms with van der Waals surface area (Å²) in [5.41, 5.74) is 3.53. The van der Waals surface area contributed by atoms with Crippen molar-refractivity contribution in [2.75, 3.05) is 52.0 Å². The molecule has 4 aromatic rings. The van der Waals surface area contributed by atoms with Crippen LogP contribution in [-0.2, 0) is 48.1 Å². The minimum Gasteiger partial charge on any atom is -0.469 e. The maximum Gasteiger partial charge on any atom is 0.407 e. The highest BCUT2D eigenvalue weighted by Crippen LogP contribution is 2.41. The van der Waals surface area contributed by atoms with Crippen LogP contribution in [0.4, 0.5) is 41.3 Å². The molecule has 3 amide bonds. The number of pyridine rings is 1. The van der Waals surface area contributed by atoms with Gasteiger partial charge in [0.2, 0.25) is 11.8 Å². The van der Waals surface area contributed by atoms with E-state index < -0.39 is 103 Å². The van der Waals surface area contributed by atoms with E-state index in [9.17, 15) is 46.2 Å². The number of aliphatic hydroxyl groups is 1. The Morgan fingerprint density at radius 3 is 2.01 bits per heavy atom. The summed E-state index contributed by atoms with van der Waals surface area (Å²) in [6.07, 6.45) is -5.30. The van der Waals surface area contributed by atoms with Gasteiger partial charge in [0.1, 0.15) is 30.0 Å². The van der Waals surface area contributed by atoms with Gasteiger partial charge in [0.15, 0.2) is 0 Å². The Kier molecular flexibility index (Phi) is 20.5. The summed E-state index contributed by atoms with van der Waals surface area (Å²) in [7, 11) is 2.22. The van der Waals surface area contributed by atoms with E-state index in [1.165, 1.54) is 19.4 Å². The third-order valence-corrected chi connectivity index (χ3v) is 14.4. The summed E-state index contributed by atoms with van der Waals surface area (Å²) in [5.74, 6) is 2.47. The number of nitrogens with zero attached hydrogens (tertiary/aromatic N) is 5. The molecule has 0 spiro atoms. The fourth-order valence-corrected chi connectivity index (χ4v) is 9.60. The zero-order valence-corrected chi connectivity index (χ0v) is 45.0. The first-order valence-corrected chi connectivity index (χ1v) is 25.6. The van der Waals surface area contributed by atoms with Gasteiger partial charge in [0, 0.05) is 72.9 Å². The van der Waals surface area contributed by atoms with E-state index in [1.807, 2.05) is 38.2 Å². The molecule has 7 rings (SSSR count). The van der Waals surface area contributed by atoms with Crippen molar-refractivity contribution < 1.29 is 69.2 Å². The molecule has 430 valence electrons. The van der Waals surface area contributed by atoms with Crippen LogP contribution in [0.5, 0.6) is 0 Å². The molecule has 0 saturated carbocycles. The molecule has 79 heavy (non-hydrogen) atoms. The molecule has 3 saturated heterocycles. The van der Waals surface area contributed by atoms with E-state index >= 15 is 8.78 Å². The van der Waals surface area contributed by atoms with Crippen molar-refractivity contribution in [3.8, 4) is 23.1 Å². The number of methoxy groups -OCH3 is 2. The first-order chi connectivity index (χ1) is 37.2. The Morgan fingerprint density at radius 2 is 1.49 bits per heavy atom. The van der Waals surface area contributed by atoms with Crippen LogP contribution in [0, 0.1) is 40.2 Å². The molecule has 6 N–H and O–H groups in total. The number of aromatic nitrogens is 3. The van der Waals surface area contributed by atoms with Crippen molar-refractivity contribution >= 4 is 29.7 Å². The fourth-order valence-electron chi connectivity index (χ4n) is 9.60. The van der Waals surface area contributed by atoms with Crippen LogP contribution in [-0.4, -0.2) is 145 Å². The molecule has 17 nitrogen and oxygen atoms in total. The quantitative estimate of drug-likeness (QED) is 0.0407. The Morgan fingerprint density at radius 1 is 0.873 bits per heavy atom. The van der Waals surface area contributed by atoms with E-state index in [0.29, 0.717) is 34.8 Å². The monoisotopic (exact) mass is 1120 g/mol. The molecule has 2 bridgehead atoms. The van der Waals surface area contributed by atoms with Gasteiger partial charge in [-0.1, -0.05) is 44.7 Å². The Labute approximate surface area is 454 Å². The van der Waals surface area contributed by atoms with Crippen molar-refractivity contribution in [3.05, 3.63) is 101 Å². The number of amides is 3. The van der Waals surface area contributed by atoms with Crippen LogP contribution in [0.25, 0.3) is 11.3 Å². The number of benzene rings is 2. The van der Waals surface area contributed by atoms with E-state index in [0.717, 1.165) is 82.7 Å². The topological polar surface area (TPSA) is 216 Å². The van der Waals surface area contributed by atoms with Gasteiger partial charge in [-0.25, -0.2) is 27.3 Å². The second-order valence-electron chi connectivity index (χ2n) is 21.4. The molecule has 2 unspecified atom stereocenters. The fraction of sp³-hybridized carbons (Fsp3) is 0.527. The molecule has 24 heteroatoms. The summed E-state index contributed by atoms with van der Waals surface area (Å²) in [6.45, 7) is 8.89. The standard InChI is InChI=1S/C46H51F7N8O5.C9H17NO3/c1-45(2,46(51,52)53)42(57-44(64)65-3)43(63)56-38(39(62)21-54-20-34-35(47)17-30(18-36(34)48)37-14-15-60(58-37)24-40(49)50)16-28-7-4-27(5-8-28)6-9-29-10-13-41(55-19-29)59-22-31-11-12-32(23-59)61(31)33-25-66-26-33;1-9(2,3)6(8(10)12)5-7(11)13-4/h4-5,7-8,10,13-15,17-19,31-33,38-40,42,54,62H,11-12,16,20-26H2,1-3H3,(H,56,63)(H,57,64);6H,5H2,1-4H3,(H2,10,12)/t31?,32?,38-,39-,42+;6-/m01/s1.